The largest absolute Gasteiger partial charge is 0.385 e. The van der Waals surface area contributed by atoms with Gasteiger partial charge in [-0.25, -0.2) is 0 Å². The van der Waals surface area contributed by atoms with Crippen molar-refractivity contribution in [3.63, 3.8) is 0 Å². The molecular formula is C8H19NO2. The number of hydrogen-bond donors (Lipinski definition) is 1. The van der Waals surface area contributed by atoms with Gasteiger partial charge in [-0.15, -0.1) is 0 Å². The van der Waals surface area contributed by atoms with E-state index in [2.05, 4.69) is 6.92 Å². The normalized spacial score (nSPS) is 13.4. The number of hydrogen-bond acceptors (Lipinski definition) is 3. The molecular weight excluding hydrogens is 142 g/mol. The predicted octanol–water partition coefficient (Wildman–Crippen LogP) is 0.777. The Morgan fingerprint density at radius 1 is 1.36 bits per heavy atom. The molecule has 3 heteroatoms. The maximum atomic E-state index is 5.63. The van der Waals surface area contributed by atoms with Gasteiger partial charge < -0.3 is 15.2 Å². The minimum Gasteiger partial charge on any atom is -0.385 e. The van der Waals surface area contributed by atoms with Gasteiger partial charge in [-0.2, -0.15) is 0 Å². The quantitative estimate of drug-likeness (QED) is 0.561. The molecule has 0 aromatic rings. The zero-order chi connectivity index (χ0) is 8.53. The molecule has 1 atom stereocenters. The van der Waals surface area contributed by atoms with Crippen LogP contribution in [0.5, 0.6) is 0 Å². The molecule has 0 radical (unpaired) electrons. The van der Waals surface area contributed by atoms with Crippen molar-refractivity contribution < 1.29 is 9.47 Å². The van der Waals surface area contributed by atoms with Gasteiger partial charge in [0.05, 0.1) is 6.61 Å². The molecule has 0 aliphatic heterocycles. The molecule has 0 aromatic carbocycles. The second-order valence-electron chi connectivity index (χ2n) is 2.59. The molecule has 0 aromatic heterocycles. The fourth-order valence-electron chi connectivity index (χ4n) is 0.658. The van der Waals surface area contributed by atoms with Gasteiger partial charge >= 0.3 is 0 Å². The van der Waals surface area contributed by atoms with Gasteiger partial charge in [0.15, 0.2) is 0 Å². The summed E-state index contributed by atoms with van der Waals surface area (Å²) in [6.45, 7) is 4.24. The first-order chi connectivity index (χ1) is 5.31. The Morgan fingerprint density at radius 3 is 2.64 bits per heavy atom. The summed E-state index contributed by atoms with van der Waals surface area (Å²) in [7, 11) is 1.69. The second kappa shape index (κ2) is 7.98. The Balaban J connectivity index is 2.89. The lowest BCUT2D eigenvalue weighted by atomic mass is 10.3. The van der Waals surface area contributed by atoms with Crippen molar-refractivity contribution in [2.45, 2.75) is 25.8 Å². The fraction of sp³-hybridized carbons (Fsp3) is 1.00. The third-order valence-electron chi connectivity index (χ3n) is 1.49. The zero-order valence-corrected chi connectivity index (χ0v) is 7.51. The summed E-state index contributed by atoms with van der Waals surface area (Å²) in [5.74, 6) is 0. The Labute approximate surface area is 68.9 Å². The smallest absolute Gasteiger partial charge is 0.0617 e. The Hall–Kier alpha value is -0.120. The molecule has 0 rings (SSSR count). The van der Waals surface area contributed by atoms with E-state index >= 15 is 0 Å². The van der Waals surface area contributed by atoms with Crippen LogP contribution in [-0.4, -0.2) is 33.0 Å². The molecule has 0 bridgehead atoms. The highest BCUT2D eigenvalue weighted by Gasteiger charge is 1.97. The highest BCUT2D eigenvalue weighted by molar-refractivity contribution is 4.54. The van der Waals surface area contributed by atoms with Crippen LogP contribution in [0.1, 0.15) is 19.8 Å². The van der Waals surface area contributed by atoms with Crippen LogP contribution < -0.4 is 5.73 Å². The monoisotopic (exact) mass is 161 g/mol. The lowest BCUT2D eigenvalue weighted by Gasteiger charge is -2.08. The van der Waals surface area contributed by atoms with E-state index in [-0.39, 0.29) is 6.04 Å². The van der Waals surface area contributed by atoms with Crippen LogP contribution >= 0.6 is 0 Å². The minimum absolute atomic E-state index is 0.192. The van der Waals surface area contributed by atoms with E-state index < -0.39 is 0 Å². The number of nitrogens with two attached hydrogens (primary N) is 1. The maximum absolute atomic E-state index is 5.63. The maximum Gasteiger partial charge on any atom is 0.0617 e. The molecule has 11 heavy (non-hydrogen) atoms. The first kappa shape index (κ1) is 10.9. The van der Waals surface area contributed by atoms with Gasteiger partial charge in [-0.05, 0) is 12.8 Å². The average molecular weight is 161 g/mol. The Kier molecular flexibility index (Phi) is 7.89. The predicted molar refractivity (Wildman–Crippen MR) is 45.6 cm³/mol. The molecule has 0 heterocycles. The Morgan fingerprint density at radius 2 is 2.09 bits per heavy atom. The Bertz CT molecular complexity index is 78.5. The molecule has 3 nitrogen and oxygen atoms in total. The molecule has 1 unspecified atom stereocenters. The fourth-order valence-corrected chi connectivity index (χ4v) is 0.658. The lowest BCUT2D eigenvalue weighted by Crippen LogP contribution is -2.25. The minimum atomic E-state index is 0.192. The van der Waals surface area contributed by atoms with Crippen molar-refractivity contribution in [3.8, 4) is 0 Å². The standard InChI is InChI=1S/C8H19NO2/c1-3-8(9)7-11-6-4-5-10-2/h8H,3-7,9H2,1-2H3. The van der Waals surface area contributed by atoms with Crippen LogP contribution in [0, 0.1) is 0 Å². The van der Waals surface area contributed by atoms with E-state index in [4.69, 9.17) is 15.2 Å². The summed E-state index contributed by atoms with van der Waals surface area (Å²) in [6.07, 6.45) is 1.93. The number of ether oxygens (including phenoxy) is 2. The summed E-state index contributed by atoms with van der Waals surface area (Å²) in [5, 5.41) is 0. The van der Waals surface area contributed by atoms with Gasteiger partial charge in [0, 0.05) is 26.4 Å². The average Bonchev–Trinajstić information content (AvgIpc) is 2.04. The van der Waals surface area contributed by atoms with Crippen LogP contribution in [0.15, 0.2) is 0 Å². The SMILES string of the molecule is CCC(N)COCCCOC. The summed E-state index contributed by atoms with van der Waals surface area (Å²) in [4.78, 5) is 0. The first-order valence-corrected chi connectivity index (χ1v) is 4.13. The molecule has 0 aliphatic rings. The third-order valence-corrected chi connectivity index (χ3v) is 1.49. The van der Waals surface area contributed by atoms with Crippen LogP contribution in [0.25, 0.3) is 0 Å². The van der Waals surface area contributed by atoms with Crippen molar-refractivity contribution in [3.05, 3.63) is 0 Å². The zero-order valence-electron chi connectivity index (χ0n) is 7.51. The van der Waals surface area contributed by atoms with Crippen molar-refractivity contribution in [1.29, 1.82) is 0 Å². The highest BCUT2D eigenvalue weighted by atomic mass is 16.5. The molecule has 0 aliphatic carbocycles. The van der Waals surface area contributed by atoms with E-state index in [0.29, 0.717) is 6.61 Å². The van der Waals surface area contributed by atoms with Gasteiger partial charge in [-0.3, -0.25) is 0 Å². The van der Waals surface area contributed by atoms with Gasteiger partial charge in [-0.1, -0.05) is 6.92 Å². The lowest BCUT2D eigenvalue weighted by molar-refractivity contribution is 0.0934. The summed E-state index contributed by atoms with van der Waals surface area (Å²) in [6, 6.07) is 0.192. The molecule has 0 amide bonds. The molecule has 0 saturated carbocycles. The third kappa shape index (κ3) is 7.78. The summed E-state index contributed by atoms with van der Waals surface area (Å²) < 4.78 is 10.1. The molecule has 0 spiro atoms. The van der Waals surface area contributed by atoms with Crippen molar-refractivity contribution in [1.82, 2.24) is 0 Å². The second-order valence-corrected chi connectivity index (χ2v) is 2.59. The van der Waals surface area contributed by atoms with Gasteiger partial charge in [0.1, 0.15) is 0 Å². The van der Waals surface area contributed by atoms with Gasteiger partial charge in [0.2, 0.25) is 0 Å². The summed E-state index contributed by atoms with van der Waals surface area (Å²) >= 11 is 0. The van der Waals surface area contributed by atoms with E-state index in [1.165, 1.54) is 0 Å². The van der Waals surface area contributed by atoms with Crippen LogP contribution in [-0.2, 0) is 9.47 Å². The molecule has 0 fully saturated rings. The number of rotatable bonds is 7. The summed E-state index contributed by atoms with van der Waals surface area (Å²) in [5.41, 5.74) is 5.63. The van der Waals surface area contributed by atoms with Crippen LogP contribution in [0.4, 0.5) is 0 Å². The van der Waals surface area contributed by atoms with E-state index in [1.54, 1.807) is 7.11 Å². The molecule has 2 N–H and O–H groups in total. The van der Waals surface area contributed by atoms with E-state index in [1.807, 2.05) is 0 Å². The molecule has 0 saturated heterocycles. The number of methoxy groups -OCH3 is 1. The first-order valence-electron chi connectivity index (χ1n) is 4.13. The van der Waals surface area contributed by atoms with E-state index in [9.17, 15) is 0 Å². The van der Waals surface area contributed by atoms with Crippen molar-refractivity contribution in [2.24, 2.45) is 5.73 Å². The highest BCUT2D eigenvalue weighted by Crippen LogP contribution is 1.89. The van der Waals surface area contributed by atoms with Gasteiger partial charge in [0.25, 0.3) is 0 Å². The molecule has 68 valence electrons. The topological polar surface area (TPSA) is 44.5 Å². The van der Waals surface area contributed by atoms with Crippen molar-refractivity contribution >= 4 is 0 Å². The van der Waals surface area contributed by atoms with Crippen LogP contribution in [0.2, 0.25) is 0 Å². The van der Waals surface area contributed by atoms with Crippen molar-refractivity contribution in [2.75, 3.05) is 26.9 Å². The van der Waals surface area contributed by atoms with Crippen LogP contribution in [0.3, 0.4) is 0 Å². The van der Waals surface area contributed by atoms with E-state index in [0.717, 1.165) is 26.1 Å².